The van der Waals surface area contributed by atoms with Crippen molar-refractivity contribution in [1.29, 1.82) is 0 Å². The second kappa shape index (κ2) is 14.3. The van der Waals surface area contributed by atoms with Crippen molar-refractivity contribution in [2.45, 2.75) is 78.6 Å². The molecule has 0 atom stereocenters. The molecule has 0 radical (unpaired) electrons. The molecule has 0 aliphatic heterocycles. The van der Waals surface area contributed by atoms with E-state index < -0.39 is 17.7 Å². The number of hydrogen-bond donors (Lipinski definition) is 1. The van der Waals surface area contributed by atoms with Crippen LogP contribution in [0.2, 0.25) is 0 Å². The molecule has 0 aromatic heterocycles. The molecule has 0 amide bonds. The van der Waals surface area contributed by atoms with Crippen molar-refractivity contribution < 1.29 is 29.0 Å². The Balaban J connectivity index is 2.42. The highest BCUT2D eigenvalue weighted by molar-refractivity contribution is 6.18. The number of unbranched alkanes of at least 4 members (excludes halogenated alkanes) is 7. The summed E-state index contributed by atoms with van der Waals surface area (Å²) in [5, 5.41) is 11.0. The predicted octanol–water partition coefficient (Wildman–Crippen LogP) is 6.58. The second-order valence-corrected chi connectivity index (χ2v) is 8.81. The van der Waals surface area contributed by atoms with Crippen LogP contribution in [-0.4, -0.2) is 36.5 Å². The lowest BCUT2D eigenvalue weighted by Gasteiger charge is -2.17. The van der Waals surface area contributed by atoms with Gasteiger partial charge < -0.3 is 14.6 Å². The first-order valence-corrected chi connectivity index (χ1v) is 12.6. The van der Waals surface area contributed by atoms with Gasteiger partial charge in [0.05, 0.1) is 19.3 Å². The van der Waals surface area contributed by atoms with Crippen LogP contribution in [0.5, 0.6) is 5.75 Å². The molecule has 35 heavy (non-hydrogen) atoms. The van der Waals surface area contributed by atoms with Crippen LogP contribution in [0.4, 0.5) is 0 Å². The minimum Gasteiger partial charge on any atom is -0.507 e. The third-order valence-corrected chi connectivity index (χ3v) is 6.11. The summed E-state index contributed by atoms with van der Waals surface area (Å²) in [6.07, 6.45) is 9.43. The number of hydrogen-bond acceptors (Lipinski definition) is 6. The van der Waals surface area contributed by atoms with Crippen molar-refractivity contribution in [2.24, 2.45) is 0 Å². The number of aryl methyl sites for hydroxylation is 2. The molecule has 2 aromatic carbocycles. The molecule has 2 rings (SSSR count). The van der Waals surface area contributed by atoms with E-state index in [0.717, 1.165) is 24.8 Å². The number of phenolic OH excluding ortho intramolecular Hbond substituents is 1. The molecule has 1 N–H and O–H groups in total. The van der Waals surface area contributed by atoms with Crippen LogP contribution in [0.1, 0.15) is 113 Å². The highest BCUT2D eigenvalue weighted by atomic mass is 16.5. The molecule has 6 heteroatoms. The van der Waals surface area contributed by atoms with Gasteiger partial charge in [0.15, 0.2) is 5.78 Å². The number of aromatic hydroxyl groups is 1. The van der Waals surface area contributed by atoms with E-state index in [-0.39, 0.29) is 29.0 Å². The van der Waals surface area contributed by atoms with Gasteiger partial charge in [-0.05, 0) is 38.3 Å². The average Bonchev–Trinajstić information content (AvgIpc) is 2.85. The lowest BCUT2D eigenvalue weighted by Crippen LogP contribution is -2.20. The number of rotatable bonds is 14. The third kappa shape index (κ3) is 7.67. The SMILES string of the molecule is CCCCCCCCCCc1cc(C(=O)c2ccc(C)cc2)c(C(=O)OCC)c(C(=O)OC)c1O. The topological polar surface area (TPSA) is 89.9 Å². The molecular formula is C29H38O6. The first-order valence-electron chi connectivity index (χ1n) is 12.6. The van der Waals surface area contributed by atoms with Gasteiger partial charge in [0, 0.05) is 11.1 Å². The van der Waals surface area contributed by atoms with Gasteiger partial charge in [0.1, 0.15) is 11.3 Å². The Morgan fingerprint density at radius 2 is 1.43 bits per heavy atom. The maximum atomic E-state index is 13.5. The second-order valence-electron chi connectivity index (χ2n) is 8.81. The first kappa shape index (κ1) is 28.1. The number of ether oxygens (including phenoxy) is 2. The fourth-order valence-electron chi connectivity index (χ4n) is 4.12. The molecule has 0 saturated carbocycles. The number of methoxy groups -OCH3 is 1. The summed E-state index contributed by atoms with van der Waals surface area (Å²) < 4.78 is 10.0. The minimum absolute atomic E-state index is 0.0278. The van der Waals surface area contributed by atoms with Gasteiger partial charge in [-0.25, -0.2) is 9.59 Å². The fraction of sp³-hybridized carbons (Fsp3) is 0.483. The summed E-state index contributed by atoms with van der Waals surface area (Å²) in [7, 11) is 1.17. The van der Waals surface area contributed by atoms with Gasteiger partial charge >= 0.3 is 11.9 Å². The molecule has 0 spiro atoms. The van der Waals surface area contributed by atoms with Crippen LogP contribution in [0.3, 0.4) is 0 Å². The third-order valence-electron chi connectivity index (χ3n) is 6.11. The van der Waals surface area contributed by atoms with Crippen LogP contribution in [0, 0.1) is 6.92 Å². The van der Waals surface area contributed by atoms with E-state index in [9.17, 15) is 19.5 Å². The molecule has 0 aliphatic carbocycles. The van der Waals surface area contributed by atoms with Crippen LogP contribution in [-0.2, 0) is 15.9 Å². The number of carbonyl (C=O) groups is 3. The van der Waals surface area contributed by atoms with E-state index in [4.69, 9.17) is 9.47 Å². The summed E-state index contributed by atoms with van der Waals surface area (Å²) >= 11 is 0. The van der Waals surface area contributed by atoms with Crippen molar-refractivity contribution in [3.05, 3.63) is 63.7 Å². The highest BCUT2D eigenvalue weighted by Gasteiger charge is 2.31. The van der Waals surface area contributed by atoms with E-state index in [1.165, 1.54) is 45.3 Å². The lowest BCUT2D eigenvalue weighted by molar-refractivity contribution is 0.0499. The molecule has 2 aromatic rings. The van der Waals surface area contributed by atoms with E-state index in [1.54, 1.807) is 31.2 Å². The van der Waals surface area contributed by atoms with Crippen molar-refractivity contribution in [3.63, 3.8) is 0 Å². The van der Waals surface area contributed by atoms with Crippen LogP contribution < -0.4 is 0 Å². The van der Waals surface area contributed by atoms with Crippen molar-refractivity contribution in [2.75, 3.05) is 13.7 Å². The van der Waals surface area contributed by atoms with Gasteiger partial charge in [-0.3, -0.25) is 4.79 Å². The summed E-state index contributed by atoms with van der Waals surface area (Å²) in [5.74, 6) is -2.49. The molecular weight excluding hydrogens is 444 g/mol. The largest absolute Gasteiger partial charge is 0.507 e. The van der Waals surface area contributed by atoms with Gasteiger partial charge in [-0.1, -0.05) is 81.7 Å². The molecule has 0 fully saturated rings. The number of esters is 2. The van der Waals surface area contributed by atoms with Gasteiger partial charge in [0.2, 0.25) is 0 Å². The van der Waals surface area contributed by atoms with Crippen molar-refractivity contribution >= 4 is 17.7 Å². The predicted molar refractivity (Wildman–Crippen MR) is 136 cm³/mol. The monoisotopic (exact) mass is 482 g/mol. The van der Waals surface area contributed by atoms with E-state index in [2.05, 4.69) is 6.92 Å². The van der Waals surface area contributed by atoms with E-state index in [0.29, 0.717) is 17.5 Å². The molecule has 190 valence electrons. The minimum atomic E-state index is -0.888. The maximum Gasteiger partial charge on any atom is 0.342 e. The van der Waals surface area contributed by atoms with Gasteiger partial charge in [0.25, 0.3) is 0 Å². The quantitative estimate of drug-likeness (QED) is 0.186. The molecule has 6 nitrogen and oxygen atoms in total. The number of phenols is 1. The molecule has 0 bridgehead atoms. The molecule has 0 heterocycles. The zero-order valence-electron chi connectivity index (χ0n) is 21.4. The zero-order valence-corrected chi connectivity index (χ0v) is 21.4. The van der Waals surface area contributed by atoms with Gasteiger partial charge in [-0.15, -0.1) is 0 Å². The zero-order chi connectivity index (χ0) is 25.8. The Labute approximate surface area is 208 Å². The number of benzene rings is 2. The molecule has 0 aliphatic rings. The van der Waals surface area contributed by atoms with Gasteiger partial charge in [-0.2, -0.15) is 0 Å². The summed E-state index contributed by atoms with van der Waals surface area (Å²) in [5.41, 5.74) is 1.25. The fourth-order valence-corrected chi connectivity index (χ4v) is 4.12. The summed E-state index contributed by atoms with van der Waals surface area (Å²) in [4.78, 5) is 39.0. The Morgan fingerprint density at radius 3 is 2.00 bits per heavy atom. The smallest absolute Gasteiger partial charge is 0.342 e. The van der Waals surface area contributed by atoms with E-state index >= 15 is 0 Å². The van der Waals surface area contributed by atoms with Crippen molar-refractivity contribution in [3.8, 4) is 5.75 Å². The number of carbonyl (C=O) groups excluding carboxylic acids is 3. The Kier molecular flexibility index (Phi) is 11.5. The Morgan fingerprint density at radius 1 is 0.829 bits per heavy atom. The summed E-state index contributed by atoms with van der Waals surface area (Å²) in [6.45, 7) is 5.79. The highest BCUT2D eigenvalue weighted by Crippen LogP contribution is 2.33. The maximum absolute atomic E-state index is 13.5. The van der Waals surface area contributed by atoms with E-state index in [1.807, 2.05) is 6.92 Å². The normalized spacial score (nSPS) is 10.7. The lowest BCUT2D eigenvalue weighted by atomic mass is 9.89. The van der Waals surface area contributed by atoms with Crippen LogP contribution >= 0.6 is 0 Å². The first-order chi connectivity index (χ1) is 16.8. The van der Waals surface area contributed by atoms with Crippen LogP contribution in [0.15, 0.2) is 30.3 Å². The standard InChI is InChI=1S/C29H38O6/c1-5-7-8-9-10-11-12-13-14-22-19-23(26(30)21-17-15-20(3)16-18-21)24(29(33)35-6-2)25(27(22)31)28(32)34-4/h15-19,31H,5-14H2,1-4H3. The number of ketones is 1. The Hall–Kier alpha value is -3.15. The van der Waals surface area contributed by atoms with Crippen LogP contribution in [0.25, 0.3) is 0 Å². The summed E-state index contributed by atoms with van der Waals surface area (Å²) in [6, 6.07) is 8.49. The molecule has 0 saturated heterocycles. The van der Waals surface area contributed by atoms with Crippen molar-refractivity contribution in [1.82, 2.24) is 0 Å². The molecule has 0 unspecified atom stereocenters. The average molecular weight is 483 g/mol. The Bertz CT molecular complexity index is 1010.